The highest BCUT2D eigenvalue weighted by atomic mass is 32.2. The van der Waals surface area contributed by atoms with Gasteiger partial charge in [-0.05, 0) is 58.2 Å². The average Bonchev–Trinajstić information content (AvgIpc) is 2.70. The molecule has 2 aromatic rings. The molecular formula is C23H30F2N4O2S. The minimum atomic E-state index is -2.89. The Morgan fingerprint density at radius 2 is 1.91 bits per heavy atom. The maximum atomic E-state index is 12.9. The van der Waals surface area contributed by atoms with Crippen LogP contribution in [0, 0.1) is 0 Å². The van der Waals surface area contributed by atoms with Gasteiger partial charge in [0.05, 0.1) is 11.7 Å². The molecule has 9 heteroatoms. The van der Waals surface area contributed by atoms with Gasteiger partial charge in [-0.1, -0.05) is 6.07 Å². The number of rotatable bonds is 10. The Kier molecular flexibility index (Phi) is 7.97. The van der Waals surface area contributed by atoms with E-state index in [0.717, 1.165) is 22.8 Å². The third-order valence-electron chi connectivity index (χ3n) is 5.01. The van der Waals surface area contributed by atoms with Gasteiger partial charge in [0.2, 0.25) is 0 Å². The third kappa shape index (κ3) is 6.34. The molecule has 0 spiro atoms. The number of benzene rings is 2. The van der Waals surface area contributed by atoms with Gasteiger partial charge in [0.15, 0.2) is 0 Å². The SMILES string of the molecule is CNC(NC(C)C)c1cc(C(=O)NC2(C)CSC2)ccc1Nc1cccc(OC(F)F)c1. The van der Waals surface area contributed by atoms with Crippen LogP contribution < -0.4 is 26.0 Å². The molecule has 2 aromatic carbocycles. The summed E-state index contributed by atoms with van der Waals surface area (Å²) in [5, 5.41) is 13.1. The number of halogens is 2. The van der Waals surface area contributed by atoms with Crippen molar-refractivity contribution in [3.8, 4) is 5.75 Å². The number of hydrogen-bond donors (Lipinski definition) is 4. The van der Waals surface area contributed by atoms with Crippen LogP contribution in [0.4, 0.5) is 20.2 Å². The van der Waals surface area contributed by atoms with Gasteiger partial charge in [-0.2, -0.15) is 20.5 Å². The average molecular weight is 465 g/mol. The van der Waals surface area contributed by atoms with Gasteiger partial charge in [-0.25, -0.2) is 0 Å². The van der Waals surface area contributed by atoms with Crippen LogP contribution in [-0.4, -0.2) is 42.7 Å². The van der Waals surface area contributed by atoms with Crippen molar-refractivity contribution in [3.05, 3.63) is 53.6 Å². The highest BCUT2D eigenvalue weighted by Crippen LogP contribution is 2.31. The van der Waals surface area contributed by atoms with Crippen LogP contribution in [0.5, 0.6) is 5.75 Å². The van der Waals surface area contributed by atoms with E-state index in [1.165, 1.54) is 12.1 Å². The number of carbonyl (C=O) groups is 1. The summed E-state index contributed by atoms with van der Waals surface area (Å²) in [6.45, 7) is 3.23. The fourth-order valence-electron chi connectivity index (χ4n) is 3.45. The van der Waals surface area contributed by atoms with E-state index in [4.69, 9.17) is 0 Å². The van der Waals surface area contributed by atoms with Crippen molar-refractivity contribution >= 4 is 29.0 Å². The number of thioether (sulfide) groups is 1. The van der Waals surface area contributed by atoms with E-state index in [9.17, 15) is 13.6 Å². The summed E-state index contributed by atoms with van der Waals surface area (Å²) in [7, 11) is 1.83. The molecule has 1 saturated heterocycles. The second kappa shape index (κ2) is 10.5. The molecule has 4 N–H and O–H groups in total. The Morgan fingerprint density at radius 3 is 2.50 bits per heavy atom. The highest BCUT2D eigenvalue weighted by molar-refractivity contribution is 8.00. The summed E-state index contributed by atoms with van der Waals surface area (Å²) >= 11 is 1.81. The summed E-state index contributed by atoms with van der Waals surface area (Å²) in [6.07, 6.45) is -0.236. The summed E-state index contributed by atoms with van der Waals surface area (Å²) in [5.74, 6) is 1.75. The van der Waals surface area contributed by atoms with Crippen LogP contribution in [0.3, 0.4) is 0 Å². The number of nitrogens with one attached hydrogen (secondary N) is 4. The summed E-state index contributed by atoms with van der Waals surface area (Å²) in [5.41, 5.74) is 2.56. The topological polar surface area (TPSA) is 74.4 Å². The molecule has 1 aliphatic rings. The lowest BCUT2D eigenvalue weighted by atomic mass is 10.0. The zero-order valence-electron chi connectivity index (χ0n) is 18.7. The maximum Gasteiger partial charge on any atom is 0.387 e. The van der Waals surface area contributed by atoms with Gasteiger partial charge in [-0.15, -0.1) is 0 Å². The van der Waals surface area contributed by atoms with Crippen molar-refractivity contribution in [2.45, 2.75) is 45.1 Å². The predicted molar refractivity (Wildman–Crippen MR) is 126 cm³/mol. The minimum Gasteiger partial charge on any atom is -0.435 e. The number of carbonyl (C=O) groups excluding carboxylic acids is 1. The molecule has 3 rings (SSSR count). The number of ether oxygens (including phenoxy) is 1. The van der Waals surface area contributed by atoms with Crippen molar-refractivity contribution in [1.82, 2.24) is 16.0 Å². The molecule has 0 aromatic heterocycles. The van der Waals surface area contributed by atoms with Crippen LogP contribution in [0.15, 0.2) is 42.5 Å². The van der Waals surface area contributed by atoms with Gasteiger partial charge in [0.25, 0.3) is 5.91 Å². The Bertz CT molecular complexity index is 938. The minimum absolute atomic E-state index is 0.0691. The first-order valence-corrected chi connectivity index (χ1v) is 11.6. The molecular weight excluding hydrogens is 434 g/mol. The van der Waals surface area contributed by atoms with E-state index in [1.807, 2.05) is 40.0 Å². The molecule has 1 fully saturated rings. The van der Waals surface area contributed by atoms with Crippen molar-refractivity contribution in [1.29, 1.82) is 0 Å². The van der Waals surface area contributed by atoms with Crippen molar-refractivity contribution in [2.24, 2.45) is 0 Å². The predicted octanol–water partition coefficient (Wildman–Crippen LogP) is 4.48. The van der Waals surface area contributed by atoms with E-state index < -0.39 is 6.61 Å². The van der Waals surface area contributed by atoms with E-state index in [-0.39, 0.29) is 29.4 Å². The normalized spacial score (nSPS) is 15.9. The molecule has 6 nitrogen and oxygen atoms in total. The summed E-state index contributed by atoms with van der Waals surface area (Å²) in [4.78, 5) is 12.9. The quantitative estimate of drug-likeness (QED) is 0.389. The molecule has 0 saturated carbocycles. The maximum absolute atomic E-state index is 12.9. The summed E-state index contributed by atoms with van der Waals surface area (Å²) < 4.78 is 29.7. The van der Waals surface area contributed by atoms with E-state index >= 15 is 0 Å². The number of anilines is 2. The third-order valence-corrected chi connectivity index (χ3v) is 6.69. The van der Waals surface area contributed by atoms with E-state index in [1.54, 1.807) is 30.0 Å². The molecule has 1 aliphatic heterocycles. The number of hydrogen-bond acceptors (Lipinski definition) is 6. The van der Waals surface area contributed by atoms with Crippen LogP contribution >= 0.6 is 11.8 Å². The molecule has 0 radical (unpaired) electrons. The molecule has 0 bridgehead atoms. The highest BCUT2D eigenvalue weighted by Gasteiger charge is 2.34. The lowest BCUT2D eigenvalue weighted by Gasteiger charge is -2.38. The first-order valence-electron chi connectivity index (χ1n) is 10.5. The fourth-order valence-corrected chi connectivity index (χ4v) is 4.41. The second-order valence-electron chi connectivity index (χ2n) is 8.38. The van der Waals surface area contributed by atoms with E-state index in [2.05, 4.69) is 26.0 Å². The van der Waals surface area contributed by atoms with Crippen molar-refractivity contribution in [2.75, 3.05) is 23.9 Å². The van der Waals surface area contributed by atoms with Gasteiger partial charge >= 0.3 is 6.61 Å². The van der Waals surface area contributed by atoms with Gasteiger partial charge in [0, 0.05) is 46.1 Å². The zero-order chi connectivity index (χ0) is 23.3. The lowest BCUT2D eigenvalue weighted by Crippen LogP contribution is -2.55. The first-order chi connectivity index (χ1) is 15.2. The fraction of sp³-hybridized carbons (Fsp3) is 0.435. The first kappa shape index (κ1) is 24.3. The number of alkyl halides is 2. The zero-order valence-corrected chi connectivity index (χ0v) is 19.5. The van der Waals surface area contributed by atoms with Crippen molar-refractivity contribution < 1.29 is 18.3 Å². The van der Waals surface area contributed by atoms with Crippen molar-refractivity contribution in [3.63, 3.8) is 0 Å². The largest absolute Gasteiger partial charge is 0.435 e. The smallest absolute Gasteiger partial charge is 0.387 e. The van der Waals surface area contributed by atoms with Crippen LogP contribution in [0.2, 0.25) is 0 Å². The van der Waals surface area contributed by atoms with Gasteiger partial charge < -0.3 is 20.7 Å². The second-order valence-corrected chi connectivity index (χ2v) is 9.37. The Morgan fingerprint density at radius 1 is 1.16 bits per heavy atom. The van der Waals surface area contributed by atoms with Crippen LogP contribution in [0.1, 0.15) is 42.9 Å². The molecule has 1 unspecified atom stereocenters. The summed E-state index contributed by atoms with van der Waals surface area (Å²) in [6, 6.07) is 12.0. The Hall–Kier alpha value is -2.36. The van der Waals surface area contributed by atoms with Crippen LogP contribution in [0.25, 0.3) is 0 Å². The lowest BCUT2D eigenvalue weighted by molar-refractivity contribution is -0.0498. The van der Waals surface area contributed by atoms with Crippen LogP contribution in [-0.2, 0) is 0 Å². The monoisotopic (exact) mass is 464 g/mol. The molecule has 174 valence electrons. The standard InChI is InChI=1S/C23H30F2N4O2S/c1-14(2)27-20(26-4)18-10-15(21(30)29-23(3)12-32-13-23)8-9-19(18)28-16-6-5-7-17(11-16)31-22(24)25/h5-11,14,20,22,26-28H,12-13H2,1-4H3,(H,29,30). The van der Waals surface area contributed by atoms with Gasteiger partial charge in [-0.3, -0.25) is 10.1 Å². The number of amides is 1. The molecule has 1 atom stereocenters. The van der Waals surface area contributed by atoms with Gasteiger partial charge in [0.1, 0.15) is 5.75 Å². The molecule has 32 heavy (non-hydrogen) atoms. The molecule has 0 aliphatic carbocycles. The molecule has 1 heterocycles. The molecule has 1 amide bonds. The Labute approximate surface area is 191 Å². The Balaban J connectivity index is 1.91. The van der Waals surface area contributed by atoms with E-state index in [0.29, 0.717) is 11.3 Å².